The third-order valence-corrected chi connectivity index (χ3v) is 3.13. The molecule has 6 heteroatoms. The van der Waals surface area contributed by atoms with E-state index in [1.807, 2.05) is 12.1 Å². The second-order valence-electron chi connectivity index (χ2n) is 4.46. The summed E-state index contributed by atoms with van der Waals surface area (Å²) in [5.41, 5.74) is 3.12. The van der Waals surface area contributed by atoms with Gasteiger partial charge in [0, 0.05) is 0 Å². The first-order valence-electron chi connectivity index (χ1n) is 6.10. The molecule has 0 aliphatic rings. The van der Waals surface area contributed by atoms with Gasteiger partial charge in [0.15, 0.2) is 11.5 Å². The Hall–Kier alpha value is -2.50. The van der Waals surface area contributed by atoms with Crippen LogP contribution in [-0.2, 0) is 0 Å². The largest absolute Gasteiger partial charge is 0.362 e. The van der Waals surface area contributed by atoms with Crippen LogP contribution in [0, 0.1) is 6.92 Å². The average molecular weight is 254 g/mol. The second kappa shape index (κ2) is 4.64. The van der Waals surface area contributed by atoms with Gasteiger partial charge in [-0.05, 0) is 35.4 Å². The van der Waals surface area contributed by atoms with E-state index in [9.17, 15) is 0 Å². The molecule has 1 unspecified atom stereocenters. The van der Waals surface area contributed by atoms with Gasteiger partial charge in [-0.25, -0.2) is 0 Å². The molecule has 0 radical (unpaired) electrons. The van der Waals surface area contributed by atoms with Crippen molar-refractivity contribution >= 4 is 11.5 Å². The van der Waals surface area contributed by atoms with Gasteiger partial charge in [0.05, 0.1) is 18.4 Å². The zero-order chi connectivity index (χ0) is 13.2. The first-order chi connectivity index (χ1) is 9.25. The van der Waals surface area contributed by atoms with Crippen molar-refractivity contribution in [3.63, 3.8) is 0 Å². The lowest BCUT2D eigenvalue weighted by Crippen LogP contribution is -2.11. The van der Waals surface area contributed by atoms with Crippen LogP contribution in [0.1, 0.15) is 24.1 Å². The second-order valence-corrected chi connectivity index (χ2v) is 4.46. The summed E-state index contributed by atoms with van der Waals surface area (Å²) in [5.74, 6) is 0.776. The fourth-order valence-corrected chi connectivity index (χ4v) is 2.15. The number of aromatic nitrogens is 5. The lowest BCUT2D eigenvalue weighted by molar-refractivity contribution is 0.794. The van der Waals surface area contributed by atoms with E-state index in [0.29, 0.717) is 5.65 Å². The van der Waals surface area contributed by atoms with E-state index in [-0.39, 0.29) is 6.04 Å². The van der Waals surface area contributed by atoms with Crippen molar-refractivity contribution in [2.24, 2.45) is 0 Å². The van der Waals surface area contributed by atoms with Crippen LogP contribution in [-0.4, -0.2) is 25.0 Å². The van der Waals surface area contributed by atoms with Gasteiger partial charge in [0.2, 0.25) is 0 Å². The SMILES string of the molecule is Cc1ccccc1C(C)Nc1cncc2nnnn12. The summed E-state index contributed by atoms with van der Waals surface area (Å²) in [6, 6.07) is 8.44. The van der Waals surface area contributed by atoms with Crippen LogP contribution in [0.25, 0.3) is 5.65 Å². The van der Waals surface area contributed by atoms with Gasteiger partial charge in [-0.3, -0.25) is 4.98 Å². The highest BCUT2D eigenvalue weighted by Crippen LogP contribution is 2.21. The van der Waals surface area contributed by atoms with Crippen molar-refractivity contribution < 1.29 is 0 Å². The Bertz CT molecular complexity index is 705. The van der Waals surface area contributed by atoms with Crippen LogP contribution in [0.3, 0.4) is 0 Å². The standard InChI is InChI=1S/C13H14N6/c1-9-5-3-4-6-11(9)10(2)15-12-7-14-8-13-16-17-18-19(12)13/h3-8,10,15H,1-2H3. The van der Waals surface area contributed by atoms with Crippen LogP contribution in [0.5, 0.6) is 0 Å². The highest BCUT2D eigenvalue weighted by Gasteiger charge is 2.10. The Morgan fingerprint density at radius 3 is 2.89 bits per heavy atom. The smallest absolute Gasteiger partial charge is 0.199 e. The Labute approximate surface area is 110 Å². The number of rotatable bonds is 3. The topological polar surface area (TPSA) is 68.0 Å². The van der Waals surface area contributed by atoms with E-state index in [4.69, 9.17) is 0 Å². The molecule has 3 aromatic rings. The Morgan fingerprint density at radius 2 is 2.05 bits per heavy atom. The molecule has 1 atom stereocenters. The maximum Gasteiger partial charge on any atom is 0.199 e. The molecule has 0 amide bonds. The highest BCUT2D eigenvalue weighted by atomic mass is 15.5. The van der Waals surface area contributed by atoms with E-state index in [0.717, 1.165) is 5.82 Å². The zero-order valence-electron chi connectivity index (χ0n) is 10.8. The predicted molar refractivity (Wildman–Crippen MR) is 71.8 cm³/mol. The van der Waals surface area contributed by atoms with Gasteiger partial charge in [-0.1, -0.05) is 24.3 Å². The van der Waals surface area contributed by atoms with Crippen molar-refractivity contribution in [2.75, 3.05) is 5.32 Å². The molecular weight excluding hydrogens is 240 g/mol. The minimum Gasteiger partial charge on any atom is -0.362 e. The monoisotopic (exact) mass is 254 g/mol. The lowest BCUT2D eigenvalue weighted by atomic mass is 10.0. The maximum atomic E-state index is 4.13. The molecule has 2 aromatic heterocycles. The molecule has 6 nitrogen and oxygen atoms in total. The molecular formula is C13H14N6. The number of benzene rings is 1. The first-order valence-corrected chi connectivity index (χ1v) is 6.10. The van der Waals surface area contributed by atoms with E-state index in [1.54, 1.807) is 16.9 Å². The summed E-state index contributed by atoms with van der Waals surface area (Å²) in [5, 5.41) is 14.8. The highest BCUT2D eigenvalue weighted by molar-refractivity contribution is 5.46. The van der Waals surface area contributed by atoms with Gasteiger partial charge in [0.25, 0.3) is 0 Å². The minimum atomic E-state index is 0.151. The lowest BCUT2D eigenvalue weighted by Gasteiger charge is -2.17. The maximum absolute atomic E-state index is 4.13. The van der Waals surface area contributed by atoms with Crippen LogP contribution in [0.4, 0.5) is 5.82 Å². The number of nitrogens with one attached hydrogen (secondary N) is 1. The van der Waals surface area contributed by atoms with Crippen molar-refractivity contribution in [1.29, 1.82) is 0 Å². The van der Waals surface area contributed by atoms with E-state index < -0.39 is 0 Å². The summed E-state index contributed by atoms with van der Waals surface area (Å²) in [4.78, 5) is 4.13. The number of tetrazole rings is 1. The molecule has 19 heavy (non-hydrogen) atoms. The van der Waals surface area contributed by atoms with Crippen LogP contribution in [0.15, 0.2) is 36.7 Å². The molecule has 0 bridgehead atoms. The molecule has 0 fully saturated rings. The Morgan fingerprint density at radius 1 is 1.21 bits per heavy atom. The first kappa shape index (κ1) is 11.6. The molecule has 2 heterocycles. The molecule has 96 valence electrons. The summed E-state index contributed by atoms with van der Waals surface area (Å²) in [6.07, 6.45) is 3.35. The fraction of sp³-hybridized carbons (Fsp3) is 0.231. The van der Waals surface area contributed by atoms with Crippen LogP contribution in [0.2, 0.25) is 0 Å². The molecule has 1 N–H and O–H groups in total. The summed E-state index contributed by atoms with van der Waals surface area (Å²) in [6.45, 7) is 4.20. The Balaban J connectivity index is 1.93. The van der Waals surface area contributed by atoms with E-state index in [1.165, 1.54) is 11.1 Å². The number of hydrogen-bond acceptors (Lipinski definition) is 5. The number of nitrogens with zero attached hydrogens (tertiary/aromatic N) is 5. The number of aryl methyl sites for hydroxylation is 1. The number of fused-ring (bicyclic) bond motifs is 1. The predicted octanol–water partition coefficient (Wildman–Crippen LogP) is 2.00. The van der Waals surface area contributed by atoms with Crippen molar-refractivity contribution in [3.8, 4) is 0 Å². The van der Waals surface area contributed by atoms with Crippen molar-refractivity contribution in [3.05, 3.63) is 47.8 Å². The van der Waals surface area contributed by atoms with Gasteiger partial charge in [0.1, 0.15) is 0 Å². The molecule has 0 spiro atoms. The van der Waals surface area contributed by atoms with Gasteiger partial charge in [-0.2, -0.15) is 4.52 Å². The van der Waals surface area contributed by atoms with Crippen LogP contribution >= 0.6 is 0 Å². The molecule has 3 rings (SSSR count). The number of anilines is 1. The molecule has 0 saturated heterocycles. The minimum absolute atomic E-state index is 0.151. The average Bonchev–Trinajstić information content (AvgIpc) is 2.88. The summed E-state index contributed by atoms with van der Waals surface area (Å²) in [7, 11) is 0. The van der Waals surface area contributed by atoms with Crippen LogP contribution < -0.4 is 5.32 Å². The molecule has 0 aliphatic carbocycles. The normalized spacial score (nSPS) is 12.5. The quantitative estimate of drug-likeness (QED) is 0.774. The van der Waals surface area contributed by atoms with Crippen molar-refractivity contribution in [1.82, 2.24) is 25.0 Å². The van der Waals surface area contributed by atoms with E-state index in [2.05, 4.69) is 51.8 Å². The molecule has 1 aromatic carbocycles. The van der Waals surface area contributed by atoms with Crippen molar-refractivity contribution in [2.45, 2.75) is 19.9 Å². The number of hydrogen-bond donors (Lipinski definition) is 1. The fourth-order valence-electron chi connectivity index (χ4n) is 2.15. The summed E-state index contributed by atoms with van der Waals surface area (Å²) >= 11 is 0. The van der Waals surface area contributed by atoms with Gasteiger partial charge in [-0.15, -0.1) is 5.10 Å². The Kier molecular flexibility index (Phi) is 2.83. The van der Waals surface area contributed by atoms with E-state index >= 15 is 0 Å². The zero-order valence-corrected chi connectivity index (χ0v) is 10.8. The van der Waals surface area contributed by atoms with Gasteiger partial charge >= 0.3 is 0 Å². The third-order valence-electron chi connectivity index (χ3n) is 3.13. The molecule has 0 saturated carbocycles. The third kappa shape index (κ3) is 2.12. The summed E-state index contributed by atoms with van der Waals surface area (Å²) < 4.78 is 1.64. The molecule has 0 aliphatic heterocycles. The van der Waals surface area contributed by atoms with Gasteiger partial charge < -0.3 is 5.32 Å².